The van der Waals surface area contributed by atoms with Crippen molar-refractivity contribution in [3.8, 4) is 17.2 Å². The zero-order chi connectivity index (χ0) is 13.8. The highest BCUT2D eigenvalue weighted by Crippen LogP contribution is 2.41. The maximum Gasteiger partial charge on any atom is 0.203 e. The Balaban J connectivity index is 3.00. The lowest BCUT2D eigenvalue weighted by Gasteiger charge is -2.18. The molecule has 3 nitrogen and oxygen atoms in total. The first-order valence-corrected chi connectivity index (χ1v) is 6.82. The number of hydrogen-bond donors (Lipinski definition) is 0. The van der Waals surface area contributed by atoms with Gasteiger partial charge in [0, 0.05) is 10.6 Å². The van der Waals surface area contributed by atoms with Gasteiger partial charge >= 0.3 is 0 Å². The van der Waals surface area contributed by atoms with Crippen LogP contribution in [-0.2, 0) is 0 Å². The minimum Gasteiger partial charge on any atom is -0.493 e. The third-order valence-electron chi connectivity index (χ3n) is 2.31. The molecule has 4 heteroatoms. The summed E-state index contributed by atoms with van der Waals surface area (Å²) in [6.07, 6.45) is 0. The molecular weight excluding hydrogens is 248 g/mol. The van der Waals surface area contributed by atoms with E-state index in [9.17, 15) is 0 Å². The number of benzene rings is 1. The second kappa shape index (κ2) is 6.23. The molecular formula is C14H22O3S. The van der Waals surface area contributed by atoms with Gasteiger partial charge in [-0.15, -0.1) is 11.8 Å². The predicted molar refractivity (Wildman–Crippen MR) is 76.3 cm³/mol. The van der Waals surface area contributed by atoms with E-state index in [0.717, 1.165) is 10.6 Å². The minimum atomic E-state index is 0.283. The van der Waals surface area contributed by atoms with Crippen molar-refractivity contribution in [1.29, 1.82) is 0 Å². The average molecular weight is 270 g/mol. The fourth-order valence-corrected chi connectivity index (χ4v) is 2.42. The van der Waals surface area contributed by atoms with Crippen LogP contribution in [0.4, 0.5) is 0 Å². The Kier molecular flexibility index (Phi) is 5.20. The summed E-state index contributed by atoms with van der Waals surface area (Å²) in [5.41, 5.74) is 0.283. The van der Waals surface area contributed by atoms with Crippen molar-refractivity contribution in [1.82, 2.24) is 0 Å². The highest BCUT2D eigenvalue weighted by molar-refractivity contribution is 7.99. The van der Waals surface area contributed by atoms with Crippen LogP contribution in [0.15, 0.2) is 17.0 Å². The van der Waals surface area contributed by atoms with Crippen LogP contribution in [0.3, 0.4) is 0 Å². The summed E-state index contributed by atoms with van der Waals surface area (Å²) in [4.78, 5) is 1.12. The van der Waals surface area contributed by atoms with E-state index in [-0.39, 0.29) is 5.41 Å². The van der Waals surface area contributed by atoms with Crippen LogP contribution in [0.1, 0.15) is 20.8 Å². The summed E-state index contributed by atoms with van der Waals surface area (Å²) in [6, 6.07) is 3.97. The molecule has 1 aromatic carbocycles. The molecule has 1 rings (SSSR count). The highest BCUT2D eigenvalue weighted by atomic mass is 32.2. The Labute approximate surface area is 114 Å². The van der Waals surface area contributed by atoms with E-state index in [1.165, 1.54) is 0 Å². The van der Waals surface area contributed by atoms with Crippen LogP contribution in [0.25, 0.3) is 0 Å². The second-order valence-corrected chi connectivity index (χ2v) is 6.26. The van der Waals surface area contributed by atoms with Gasteiger partial charge in [-0.1, -0.05) is 20.8 Å². The van der Waals surface area contributed by atoms with E-state index in [1.54, 1.807) is 33.1 Å². The van der Waals surface area contributed by atoms with Gasteiger partial charge in [0.15, 0.2) is 11.5 Å². The van der Waals surface area contributed by atoms with Gasteiger partial charge in [0.05, 0.1) is 21.3 Å². The third kappa shape index (κ3) is 4.02. The summed E-state index contributed by atoms with van der Waals surface area (Å²) in [7, 11) is 4.88. The van der Waals surface area contributed by atoms with Crippen molar-refractivity contribution < 1.29 is 14.2 Å². The minimum absolute atomic E-state index is 0.283. The van der Waals surface area contributed by atoms with E-state index in [1.807, 2.05) is 12.1 Å². The first-order valence-electron chi connectivity index (χ1n) is 5.84. The van der Waals surface area contributed by atoms with Gasteiger partial charge in [0.1, 0.15) is 0 Å². The van der Waals surface area contributed by atoms with Crippen molar-refractivity contribution in [2.24, 2.45) is 5.41 Å². The molecule has 0 amide bonds. The molecule has 0 heterocycles. The van der Waals surface area contributed by atoms with Crippen molar-refractivity contribution in [3.63, 3.8) is 0 Å². The summed E-state index contributed by atoms with van der Waals surface area (Å²) in [6.45, 7) is 6.66. The van der Waals surface area contributed by atoms with Crippen LogP contribution < -0.4 is 14.2 Å². The van der Waals surface area contributed by atoms with E-state index >= 15 is 0 Å². The maximum absolute atomic E-state index is 5.33. The second-order valence-electron chi connectivity index (χ2n) is 5.21. The zero-order valence-corrected chi connectivity index (χ0v) is 12.8. The van der Waals surface area contributed by atoms with E-state index in [2.05, 4.69) is 20.8 Å². The van der Waals surface area contributed by atoms with Crippen molar-refractivity contribution in [2.75, 3.05) is 27.1 Å². The molecule has 0 radical (unpaired) electrons. The Morgan fingerprint density at radius 3 is 1.78 bits per heavy atom. The summed E-state index contributed by atoms with van der Waals surface area (Å²) in [5, 5.41) is 0. The molecule has 0 spiro atoms. The van der Waals surface area contributed by atoms with Gasteiger partial charge in [-0.05, 0) is 17.5 Å². The number of thioether (sulfide) groups is 1. The third-order valence-corrected chi connectivity index (χ3v) is 3.89. The number of rotatable bonds is 5. The molecule has 0 aliphatic carbocycles. The van der Waals surface area contributed by atoms with Crippen molar-refractivity contribution >= 4 is 11.8 Å². The monoisotopic (exact) mass is 270 g/mol. The molecule has 18 heavy (non-hydrogen) atoms. The fourth-order valence-electron chi connectivity index (χ4n) is 1.44. The van der Waals surface area contributed by atoms with Crippen molar-refractivity contribution in [3.05, 3.63) is 12.1 Å². The molecule has 0 bridgehead atoms. The summed E-state index contributed by atoms with van der Waals surface area (Å²) in [5.74, 6) is 3.08. The first-order chi connectivity index (χ1) is 8.41. The molecule has 102 valence electrons. The Hall–Kier alpha value is -1.03. The van der Waals surface area contributed by atoms with Crippen LogP contribution in [0.5, 0.6) is 17.2 Å². The lowest BCUT2D eigenvalue weighted by Crippen LogP contribution is -2.08. The molecule has 0 atom stereocenters. The molecule has 0 fully saturated rings. The van der Waals surface area contributed by atoms with Gasteiger partial charge in [-0.25, -0.2) is 0 Å². The number of ether oxygens (including phenoxy) is 3. The molecule has 0 saturated carbocycles. The Morgan fingerprint density at radius 2 is 1.44 bits per heavy atom. The highest BCUT2D eigenvalue weighted by Gasteiger charge is 2.15. The van der Waals surface area contributed by atoms with Crippen molar-refractivity contribution in [2.45, 2.75) is 25.7 Å². The first kappa shape index (κ1) is 15.0. The smallest absolute Gasteiger partial charge is 0.203 e. The van der Waals surface area contributed by atoms with Gasteiger partial charge in [0.25, 0.3) is 0 Å². The number of hydrogen-bond acceptors (Lipinski definition) is 4. The predicted octanol–water partition coefficient (Wildman–Crippen LogP) is 3.85. The molecule has 0 N–H and O–H groups in total. The average Bonchev–Trinajstić information content (AvgIpc) is 2.33. The zero-order valence-electron chi connectivity index (χ0n) is 12.0. The molecule has 0 saturated heterocycles. The summed E-state index contributed by atoms with van der Waals surface area (Å²) < 4.78 is 16.0. The van der Waals surface area contributed by atoms with Gasteiger partial charge in [-0.3, -0.25) is 0 Å². The van der Waals surface area contributed by atoms with Crippen LogP contribution >= 0.6 is 11.8 Å². The molecule has 0 aliphatic heterocycles. The van der Waals surface area contributed by atoms with E-state index < -0.39 is 0 Å². The van der Waals surface area contributed by atoms with Gasteiger partial charge in [0.2, 0.25) is 5.75 Å². The normalized spacial score (nSPS) is 11.2. The maximum atomic E-state index is 5.33. The van der Waals surface area contributed by atoms with Gasteiger partial charge in [-0.2, -0.15) is 0 Å². The fraction of sp³-hybridized carbons (Fsp3) is 0.571. The quantitative estimate of drug-likeness (QED) is 0.760. The molecule has 0 aromatic heterocycles. The van der Waals surface area contributed by atoms with E-state index in [0.29, 0.717) is 17.2 Å². The molecule has 0 unspecified atom stereocenters. The van der Waals surface area contributed by atoms with Crippen LogP contribution in [-0.4, -0.2) is 27.1 Å². The number of methoxy groups -OCH3 is 3. The Bertz CT molecular complexity index is 372. The largest absolute Gasteiger partial charge is 0.493 e. The lowest BCUT2D eigenvalue weighted by atomic mass is 10.0. The standard InChI is InChI=1S/C14H22O3S/c1-14(2,3)9-18-10-7-11(15-4)13(17-6)12(8-10)16-5/h7-8H,9H2,1-6H3. The van der Waals surface area contributed by atoms with E-state index in [4.69, 9.17) is 14.2 Å². The molecule has 1 aromatic rings. The van der Waals surface area contributed by atoms with Crippen LogP contribution in [0, 0.1) is 5.41 Å². The Morgan fingerprint density at radius 1 is 0.944 bits per heavy atom. The SMILES string of the molecule is COc1cc(SCC(C)(C)C)cc(OC)c1OC. The van der Waals surface area contributed by atoms with Gasteiger partial charge < -0.3 is 14.2 Å². The van der Waals surface area contributed by atoms with Crippen LogP contribution in [0.2, 0.25) is 0 Å². The summed E-state index contributed by atoms with van der Waals surface area (Å²) >= 11 is 1.79. The topological polar surface area (TPSA) is 27.7 Å². The lowest BCUT2D eigenvalue weighted by molar-refractivity contribution is 0.323. The molecule has 0 aliphatic rings.